The van der Waals surface area contributed by atoms with E-state index in [0.717, 1.165) is 12.0 Å². The van der Waals surface area contributed by atoms with Gasteiger partial charge in [-0.15, -0.1) is 0 Å². The van der Waals surface area contributed by atoms with Gasteiger partial charge < -0.3 is 15.3 Å². The van der Waals surface area contributed by atoms with E-state index in [2.05, 4.69) is 5.32 Å². The molecule has 1 aliphatic rings. The summed E-state index contributed by atoms with van der Waals surface area (Å²) in [5.41, 5.74) is 1.23. The number of carbonyl (C=O) groups is 2. The quantitative estimate of drug-likeness (QED) is 0.814. The van der Waals surface area contributed by atoms with Crippen molar-refractivity contribution in [3.63, 3.8) is 0 Å². The Morgan fingerprint density at radius 3 is 2.65 bits per heavy atom. The van der Waals surface area contributed by atoms with Gasteiger partial charge in [0.15, 0.2) is 0 Å². The molecule has 1 atom stereocenters. The highest BCUT2D eigenvalue weighted by molar-refractivity contribution is 5.87. The molecule has 0 aromatic heterocycles. The predicted octanol–water partition coefficient (Wildman–Crippen LogP) is 1.47. The Kier molecular flexibility index (Phi) is 2.99. The summed E-state index contributed by atoms with van der Waals surface area (Å²) >= 11 is 0. The number of carbonyl (C=O) groups excluding carboxylic acids is 1. The van der Waals surface area contributed by atoms with Gasteiger partial charge in [-0.25, -0.2) is 9.59 Å². The summed E-state index contributed by atoms with van der Waals surface area (Å²) in [6.07, 6.45) is 0.828. The van der Waals surface area contributed by atoms with Gasteiger partial charge in [0.1, 0.15) is 0 Å². The van der Waals surface area contributed by atoms with Crippen molar-refractivity contribution in [2.45, 2.75) is 12.5 Å². The molecule has 0 aliphatic carbocycles. The van der Waals surface area contributed by atoms with Crippen LogP contribution in [0.3, 0.4) is 0 Å². The lowest BCUT2D eigenvalue weighted by molar-refractivity contribution is 0.0696. The van der Waals surface area contributed by atoms with Crippen LogP contribution in [0, 0.1) is 0 Å². The minimum Gasteiger partial charge on any atom is -0.478 e. The van der Waals surface area contributed by atoms with E-state index in [0.29, 0.717) is 6.54 Å². The molecule has 1 fully saturated rings. The van der Waals surface area contributed by atoms with Gasteiger partial charge in [-0.05, 0) is 24.1 Å². The number of urea groups is 1. The predicted molar refractivity (Wildman–Crippen MR) is 61.9 cm³/mol. The van der Waals surface area contributed by atoms with Gasteiger partial charge in [-0.3, -0.25) is 0 Å². The maximum absolute atomic E-state index is 11.5. The van der Waals surface area contributed by atoms with E-state index in [-0.39, 0.29) is 17.6 Å². The molecule has 0 radical (unpaired) electrons. The first kappa shape index (κ1) is 11.4. The van der Waals surface area contributed by atoms with E-state index in [1.54, 1.807) is 36.2 Å². The summed E-state index contributed by atoms with van der Waals surface area (Å²) in [5.74, 6) is -0.939. The topological polar surface area (TPSA) is 69.6 Å². The largest absolute Gasteiger partial charge is 0.478 e. The van der Waals surface area contributed by atoms with Gasteiger partial charge in [0.05, 0.1) is 11.6 Å². The highest BCUT2D eigenvalue weighted by Crippen LogP contribution is 2.25. The summed E-state index contributed by atoms with van der Waals surface area (Å²) in [6, 6.07) is 6.60. The summed E-state index contributed by atoms with van der Waals surface area (Å²) < 4.78 is 0. The number of nitrogens with one attached hydrogen (secondary N) is 1. The summed E-state index contributed by atoms with van der Waals surface area (Å²) in [5, 5.41) is 11.6. The van der Waals surface area contributed by atoms with Gasteiger partial charge >= 0.3 is 12.0 Å². The number of benzene rings is 1. The standard InChI is InChI=1S/C12H14N2O3/c1-14-10(6-7-13-12(14)17)8-2-4-9(5-3-8)11(15)16/h2-5,10H,6-7H2,1H3,(H,13,17)(H,15,16). The molecule has 0 bridgehead atoms. The van der Waals surface area contributed by atoms with Gasteiger partial charge in [0, 0.05) is 13.6 Å². The Labute approximate surface area is 99.0 Å². The molecule has 90 valence electrons. The second-order valence-electron chi connectivity index (χ2n) is 4.07. The molecule has 1 heterocycles. The first-order valence-electron chi connectivity index (χ1n) is 5.43. The Morgan fingerprint density at radius 1 is 1.41 bits per heavy atom. The van der Waals surface area contributed by atoms with E-state index in [4.69, 9.17) is 5.11 Å². The molecule has 1 aromatic carbocycles. The normalized spacial score (nSPS) is 19.9. The number of amides is 2. The molecule has 0 spiro atoms. The Hall–Kier alpha value is -2.04. The second kappa shape index (κ2) is 4.45. The first-order chi connectivity index (χ1) is 8.09. The molecule has 1 unspecified atom stereocenters. The third-order valence-electron chi connectivity index (χ3n) is 3.02. The van der Waals surface area contributed by atoms with Crippen LogP contribution in [0.25, 0.3) is 0 Å². The maximum atomic E-state index is 11.5. The molecule has 5 nitrogen and oxygen atoms in total. The van der Waals surface area contributed by atoms with Crippen molar-refractivity contribution < 1.29 is 14.7 Å². The molecule has 1 aliphatic heterocycles. The van der Waals surface area contributed by atoms with E-state index in [1.807, 2.05) is 0 Å². The van der Waals surface area contributed by atoms with Crippen molar-refractivity contribution >= 4 is 12.0 Å². The van der Waals surface area contributed by atoms with Crippen LogP contribution in [0.15, 0.2) is 24.3 Å². The number of rotatable bonds is 2. The van der Waals surface area contributed by atoms with Crippen LogP contribution < -0.4 is 5.32 Å². The maximum Gasteiger partial charge on any atom is 0.335 e. The molecule has 2 N–H and O–H groups in total. The Balaban J connectivity index is 2.22. The lowest BCUT2D eigenvalue weighted by atomic mass is 10.00. The zero-order valence-corrected chi connectivity index (χ0v) is 9.51. The SMILES string of the molecule is CN1C(=O)NCCC1c1ccc(C(=O)O)cc1. The molecule has 17 heavy (non-hydrogen) atoms. The van der Waals surface area contributed by atoms with Crippen molar-refractivity contribution in [3.05, 3.63) is 35.4 Å². The average molecular weight is 234 g/mol. The molecule has 1 saturated heterocycles. The minimum atomic E-state index is -0.939. The van der Waals surface area contributed by atoms with E-state index in [9.17, 15) is 9.59 Å². The fourth-order valence-electron chi connectivity index (χ4n) is 2.01. The number of aromatic carboxylic acids is 1. The van der Waals surface area contributed by atoms with Crippen LogP contribution in [-0.4, -0.2) is 35.6 Å². The number of nitrogens with zero attached hydrogens (tertiary/aromatic N) is 1. The lowest BCUT2D eigenvalue weighted by Crippen LogP contribution is -2.45. The summed E-state index contributed by atoms with van der Waals surface area (Å²) in [6.45, 7) is 0.647. The van der Waals surface area contributed by atoms with Crippen molar-refractivity contribution in [3.8, 4) is 0 Å². The molecular formula is C12H14N2O3. The number of carboxylic acid groups (broad SMARTS) is 1. The monoisotopic (exact) mass is 234 g/mol. The van der Waals surface area contributed by atoms with E-state index < -0.39 is 5.97 Å². The molecule has 2 rings (SSSR count). The van der Waals surface area contributed by atoms with Crippen LogP contribution in [0.5, 0.6) is 0 Å². The fourth-order valence-corrected chi connectivity index (χ4v) is 2.01. The number of carboxylic acids is 1. The first-order valence-corrected chi connectivity index (χ1v) is 5.43. The summed E-state index contributed by atoms with van der Waals surface area (Å²) in [7, 11) is 1.74. The van der Waals surface area contributed by atoms with Crippen LogP contribution in [0.2, 0.25) is 0 Å². The third-order valence-corrected chi connectivity index (χ3v) is 3.02. The smallest absolute Gasteiger partial charge is 0.335 e. The van der Waals surface area contributed by atoms with Gasteiger partial charge in [0.25, 0.3) is 0 Å². The van der Waals surface area contributed by atoms with Crippen LogP contribution in [0.1, 0.15) is 28.4 Å². The van der Waals surface area contributed by atoms with Gasteiger partial charge in [0.2, 0.25) is 0 Å². The summed E-state index contributed by atoms with van der Waals surface area (Å²) in [4.78, 5) is 23.8. The molecule has 2 amide bonds. The number of hydrogen-bond acceptors (Lipinski definition) is 2. The highest BCUT2D eigenvalue weighted by Gasteiger charge is 2.25. The third kappa shape index (κ3) is 2.22. The Morgan fingerprint density at radius 2 is 2.06 bits per heavy atom. The molecular weight excluding hydrogens is 220 g/mol. The fraction of sp³-hybridized carbons (Fsp3) is 0.333. The Bertz CT molecular complexity index is 442. The van der Waals surface area contributed by atoms with E-state index in [1.165, 1.54) is 0 Å². The zero-order chi connectivity index (χ0) is 12.4. The second-order valence-corrected chi connectivity index (χ2v) is 4.07. The average Bonchev–Trinajstić information content (AvgIpc) is 2.33. The van der Waals surface area contributed by atoms with Crippen molar-refractivity contribution in [2.75, 3.05) is 13.6 Å². The van der Waals surface area contributed by atoms with Crippen molar-refractivity contribution in [2.24, 2.45) is 0 Å². The highest BCUT2D eigenvalue weighted by atomic mass is 16.4. The lowest BCUT2D eigenvalue weighted by Gasteiger charge is -2.33. The van der Waals surface area contributed by atoms with Gasteiger partial charge in [-0.1, -0.05) is 12.1 Å². The van der Waals surface area contributed by atoms with Crippen LogP contribution in [-0.2, 0) is 0 Å². The van der Waals surface area contributed by atoms with Crippen LogP contribution in [0.4, 0.5) is 4.79 Å². The van der Waals surface area contributed by atoms with Crippen LogP contribution >= 0.6 is 0 Å². The van der Waals surface area contributed by atoms with Gasteiger partial charge in [-0.2, -0.15) is 0 Å². The molecule has 1 aromatic rings. The number of hydrogen-bond donors (Lipinski definition) is 2. The van der Waals surface area contributed by atoms with E-state index >= 15 is 0 Å². The molecule has 0 saturated carbocycles. The minimum absolute atomic E-state index is 0.0200. The van der Waals surface area contributed by atoms with Crippen molar-refractivity contribution in [1.82, 2.24) is 10.2 Å². The molecule has 5 heteroatoms. The zero-order valence-electron chi connectivity index (χ0n) is 9.51. The van der Waals surface area contributed by atoms with Crippen molar-refractivity contribution in [1.29, 1.82) is 0 Å².